The van der Waals surface area contributed by atoms with E-state index in [0.29, 0.717) is 12.2 Å². The summed E-state index contributed by atoms with van der Waals surface area (Å²) in [4.78, 5) is 3.93. The number of hydrogen-bond acceptors (Lipinski definition) is 4. The molecule has 3 N–H and O–H groups in total. The molecule has 0 aromatic carbocycles. The lowest BCUT2D eigenvalue weighted by atomic mass is 10.1. The third-order valence-corrected chi connectivity index (χ3v) is 1.65. The van der Waals surface area contributed by atoms with Crippen molar-refractivity contribution in [1.82, 2.24) is 4.98 Å². The standard InChI is InChI=1S/C10H14N4/c1-10(2,12)7-14-8-4-3-5-13-9(8)6-11/h3-5,14H,7,12H2,1-2H3. The molecule has 0 spiro atoms. The minimum Gasteiger partial charge on any atom is -0.381 e. The topological polar surface area (TPSA) is 74.7 Å². The summed E-state index contributed by atoms with van der Waals surface area (Å²) in [6.07, 6.45) is 1.59. The zero-order valence-electron chi connectivity index (χ0n) is 8.41. The smallest absolute Gasteiger partial charge is 0.163 e. The van der Waals surface area contributed by atoms with Crippen LogP contribution in [-0.4, -0.2) is 17.1 Å². The first-order chi connectivity index (χ1) is 6.53. The van der Waals surface area contributed by atoms with Crippen LogP contribution in [0.4, 0.5) is 5.69 Å². The summed E-state index contributed by atoms with van der Waals surface area (Å²) in [5.74, 6) is 0. The number of rotatable bonds is 3. The van der Waals surface area contributed by atoms with E-state index in [9.17, 15) is 0 Å². The third kappa shape index (κ3) is 3.04. The number of nitrogens with one attached hydrogen (secondary N) is 1. The van der Waals surface area contributed by atoms with Crippen molar-refractivity contribution >= 4 is 5.69 Å². The molecule has 1 heterocycles. The van der Waals surface area contributed by atoms with E-state index in [2.05, 4.69) is 10.3 Å². The van der Waals surface area contributed by atoms with Crippen molar-refractivity contribution in [3.8, 4) is 6.07 Å². The summed E-state index contributed by atoms with van der Waals surface area (Å²) in [6.45, 7) is 4.44. The molecule has 0 radical (unpaired) electrons. The van der Waals surface area contributed by atoms with E-state index in [0.717, 1.165) is 5.69 Å². The Labute approximate surface area is 83.8 Å². The Bertz CT molecular complexity index is 346. The Morgan fingerprint density at radius 2 is 2.36 bits per heavy atom. The molecule has 0 saturated carbocycles. The van der Waals surface area contributed by atoms with Crippen LogP contribution in [0.15, 0.2) is 18.3 Å². The average Bonchev–Trinajstić information content (AvgIpc) is 2.14. The fraction of sp³-hybridized carbons (Fsp3) is 0.400. The first kappa shape index (κ1) is 10.5. The minimum absolute atomic E-state index is 0.303. The third-order valence-electron chi connectivity index (χ3n) is 1.65. The fourth-order valence-corrected chi connectivity index (χ4v) is 0.960. The van der Waals surface area contributed by atoms with Crippen LogP contribution in [0.25, 0.3) is 0 Å². The fourth-order valence-electron chi connectivity index (χ4n) is 0.960. The Balaban J connectivity index is 2.73. The maximum atomic E-state index is 8.76. The van der Waals surface area contributed by atoms with Gasteiger partial charge >= 0.3 is 0 Å². The van der Waals surface area contributed by atoms with E-state index >= 15 is 0 Å². The van der Waals surface area contributed by atoms with Crippen LogP contribution >= 0.6 is 0 Å². The van der Waals surface area contributed by atoms with Gasteiger partial charge in [-0.05, 0) is 26.0 Å². The number of aromatic nitrogens is 1. The van der Waals surface area contributed by atoms with Gasteiger partial charge < -0.3 is 11.1 Å². The van der Waals surface area contributed by atoms with Crippen molar-refractivity contribution in [3.05, 3.63) is 24.0 Å². The molecular weight excluding hydrogens is 176 g/mol. The number of nitrogens with two attached hydrogens (primary N) is 1. The summed E-state index contributed by atoms with van der Waals surface area (Å²) in [6, 6.07) is 5.62. The lowest BCUT2D eigenvalue weighted by Crippen LogP contribution is -2.39. The van der Waals surface area contributed by atoms with Crippen molar-refractivity contribution in [2.45, 2.75) is 19.4 Å². The number of nitrogens with zero attached hydrogens (tertiary/aromatic N) is 2. The molecule has 0 amide bonds. The van der Waals surface area contributed by atoms with Crippen LogP contribution in [0.1, 0.15) is 19.5 Å². The highest BCUT2D eigenvalue weighted by Crippen LogP contribution is 2.11. The zero-order valence-corrected chi connectivity index (χ0v) is 8.41. The van der Waals surface area contributed by atoms with Gasteiger partial charge in [-0.3, -0.25) is 0 Å². The first-order valence-electron chi connectivity index (χ1n) is 4.41. The molecule has 0 aliphatic rings. The molecule has 4 nitrogen and oxygen atoms in total. The molecule has 1 aromatic rings. The van der Waals surface area contributed by atoms with Gasteiger partial charge in [0.1, 0.15) is 6.07 Å². The molecule has 0 aliphatic heterocycles. The minimum atomic E-state index is -0.303. The summed E-state index contributed by atoms with van der Waals surface area (Å²) in [7, 11) is 0. The normalized spacial score (nSPS) is 10.7. The van der Waals surface area contributed by atoms with Gasteiger partial charge in [-0.15, -0.1) is 0 Å². The summed E-state index contributed by atoms with van der Waals surface area (Å²) >= 11 is 0. The Morgan fingerprint density at radius 3 is 2.93 bits per heavy atom. The SMILES string of the molecule is CC(C)(N)CNc1cccnc1C#N. The van der Waals surface area contributed by atoms with Gasteiger partial charge in [0.25, 0.3) is 0 Å². The predicted molar refractivity (Wildman–Crippen MR) is 55.7 cm³/mol. The summed E-state index contributed by atoms with van der Waals surface area (Å²) in [5, 5.41) is 11.9. The maximum Gasteiger partial charge on any atom is 0.163 e. The maximum absolute atomic E-state index is 8.76. The predicted octanol–water partition coefficient (Wildman–Crippen LogP) is 1.10. The average molecular weight is 190 g/mol. The van der Waals surface area contributed by atoms with Crippen molar-refractivity contribution in [3.63, 3.8) is 0 Å². The van der Waals surface area contributed by atoms with Crippen LogP contribution in [-0.2, 0) is 0 Å². The van der Waals surface area contributed by atoms with E-state index in [1.54, 1.807) is 12.3 Å². The molecule has 4 heteroatoms. The lowest BCUT2D eigenvalue weighted by molar-refractivity contribution is 0.549. The van der Waals surface area contributed by atoms with E-state index < -0.39 is 0 Å². The van der Waals surface area contributed by atoms with E-state index in [4.69, 9.17) is 11.0 Å². The van der Waals surface area contributed by atoms with Crippen molar-refractivity contribution < 1.29 is 0 Å². The highest BCUT2D eigenvalue weighted by molar-refractivity contribution is 5.53. The van der Waals surface area contributed by atoms with Crippen LogP contribution in [0, 0.1) is 11.3 Å². The Kier molecular flexibility index (Phi) is 3.05. The van der Waals surface area contributed by atoms with Crippen LogP contribution in [0.2, 0.25) is 0 Å². The molecule has 74 valence electrons. The van der Waals surface area contributed by atoms with Gasteiger partial charge in [-0.2, -0.15) is 5.26 Å². The molecule has 1 rings (SSSR count). The number of nitriles is 1. The van der Waals surface area contributed by atoms with Crippen LogP contribution in [0.5, 0.6) is 0 Å². The van der Waals surface area contributed by atoms with Crippen molar-refractivity contribution in [1.29, 1.82) is 5.26 Å². The highest BCUT2D eigenvalue weighted by Gasteiger charge is 2.11. The molecule has 0 atom stereocenters. The van der Waals surface area contributed by atoms with Gasteiger partial charge in [0.05, 0.1) is 5.69 Å². The monoisotopic (exact) mass is 190 g/mol. The number of hydrogen-bond donors (Lipinski definition) is 2. The first-order valence-corrected chi connectivity index (χ1v) is 4.41. The van der Waals surface area contributed by atoms with Gasteiger partial charge in [0.15, 0.2) is 5.69 Å². The second kappa shape index (κ2) is 4.07. The number of anilines is 1. The number of pyridine rings is 1. The van der Waals surface area contributed by atoms with Gasteiger partial charge in [-0.1, -0.05) is 0 Å². The second-order valence-electron chi connectivity index (χ2n) is 3.85. The van der Waals surface area contributed by atoms with Gasteiger partial charge in [0, 0.05) is 18.3 Å². The Morgan fingerprint density at radius 1 is 1.64 bits per heavy atom. The van der Waals surface area contributed by atoms with Gasteiger partial charge in [-0.25, -0.2) is 4.98 Å². The Hall–Kier alpha value is -1.60. The molecule has 0 fully saturated rings. The lowest BCUT2D eigenvalue weighted by Gasteiger charge is -2.19. The van der Waals surface area contributed by atoms with E-state index in [1.807, 2.05) is 26.0 Å². The van der Waals surface area contributed by atoms with E-state index in [-0.39, 0.29) is 5.54 Å². The van der Waals surface area contributed by atoms with Crippen molar-refractivity contribution in [2.24, 2.45) is 5.73 Å². The summed E-state index contributed by atoms with van der Waals surface area (Å²) in [5.41, 5.74) is 6.64. The molecular formula is C10H14N4. The molecule has 0 saturated heterocycles. The highest BCUT2D eigenvalue weighted by atomic mass is 14.9. The van der Waals surface area contributed by atoms with Crippen molar-refractivity contribution in [2.75, 3.05) is 11.9 Å². The largest absolute Gasteiger partial charge is 0.381 e. The zero-order chi connectivity index (χ0) is 10.6. The van der Waals surface area contributed by atoms with Crippen LogP contribution < -0.4 is 11.1 Å². The van der Waals surface area contributed by atoms with Gasteiger partial charge in [0.2, 0.25) is 0 Å². The molecule has 0 unspecified atom stereocenters. The van der Waals surface area contributed by atoms with E-state index in [1.165, 1.54) is 0 Å². The molecule has 0 bridgehead atoms. The molecule has 0 aliphatic carbocycles. The second-order valence-corrected chi connectivity index (χ2v) is 3.85. The molecule has 1 aromatic heterocycles. The molecule has 14 heavy (non-hydrogen) atoms. The summed E-state index contributed by atoms with van der Waals surface area (Å²) < 4.78 is 0. The quantitative estimate of drug-likeness (QED) is 0.748. The van der Waals surface area contributed by atoms with Crippen LogP contribution in [0.3, 0.4) is 0 Å².